The van der Waals surface area contributed by atoms with Crippen LogP contribution < -0.4 is 0 Å². The molecule has 0 radical (unpaired) electrons. The monoisotopic (exact) mass is 562 g/mol. The Morgan fingerprint density at radius 2 is 1.70 bits per heavy atom. The van der Waals surface area contributed by atoms with Crippen molar-refractivity contribution in [2.45, 2.75) is 118 Å². The summed E-state index contributed by atoms with van der Waals surface area (Å²) in [5.74, 6) is -0.918. The lowest BCUT2D eigenvalue weighted by molar-refractivity contribution is -0.174. The molecule has 9 atom stereocenters. The van der Waals surface area contributed by atoms with Gasteiger partial charge < -0.3 is 19.7 Å². The molecule has 2 saturated carbocycles. The summed E-state index contributed by atoms with van der Waals surface area (Å²) in [6.45, 7) is 15.3. The molecule has 40 heavy (non-hydrogen) atoms. The van der Waals surface area contributed by atoms with Gasteiger partial charge in [-0.05, 0) is 86.5 Å². The van der Waals surface area contributed by atoms with E-state index in [4.69, 9.17) is 9.47 Å². The summed E-state index contributed by atoms with van der Waals surface area (Å²) in [5.41, 5.74) is -3.23. The Morgan fingerprint density at radius 1 is 1.05 bits per heavy atom. The molecule has 9 unspecified atom stereocenters. The van der Waals surface area contributed by atoms with E-state index in [2.05, 4.69) is 34.6 Å². The molecule has 0 aromatic rings. The summed E-state index contributed by atoms with van der Waals surface area (Å²) >= 11 is 0. The molecule has 0 aromatic heterocycles. The van der Waals surface area contributed by atoms with Gasteiger partial charge in [0, 0.05) is 25.8 Å². The Hall–Kier alpha value is -2.06. The maximum atomic E-state index is 14.1. The molecule has 0 aromatic carbocycles. The van der Waals surface area contributed by atoms with Gasteiger partial charge in [0.05, 0.1) is 18.1 Å². The van der Waals surface area contributed by atoms with E-state index in [0.717, 1.165) is 6.42 Å². The fourth-order valence-corrected chi connectivity index (χ4v) is 7.93. The summed E-state index contributed by atoms with van der Waals surface area (Å²) in [4.78, 5) is 51.1. The zero-order valence-corrected chi connectivity index (χ0v) is 25.6. The van der Waals surface area contributed by atoms with Crippen LogP contribution in [0, 0.1) is 40.4 Å². The summed E-state index contributed by atoms with van der Waals surface area (Å²) in [7, 11) is 0. The highest BCUT2D eigenvalue weighted by Crippen LogP contribution is 2.59. The zero-order valence-electron chi connectivity index (χ0n) is 25.6. The molecule has 3 aliphatic rings. The maximum Gasteiger partial charge on any atom is 0.302 e. The second-order valence-electron chi connectivity index (χ2n) is 13.7. The van der Waals surface area contributed by atoms with Crippen molar-refractivity contribution in [1.82, 2.24) is 0 Å². The van der Waals surface area contributed by atoms with E-state index in [1.807, 2.05) is 0 Å². The minimum atomic E-state index is -1.91. The van der Waals surface area contributed by atoms with Crippen molar-refractivity contribution in [1.29, 1.82) is 0 Å². The predicted octanol–water partition coefficient (Wildman–Crippen LogP) is 4.58. The SMILES string of the molecule is CC(=O)OCCC1(C)C(C2=CC(=O)C3(O)CC(O)CCC3(C)C2=O)CCC1C(C)CC(OC(C)=O)C(C)C(C)C. The van der Waals surface area contributed by atoms with Gasteiger partial charge >= 0.3 is 11.9 Å². The predicted molar refractivity (Wildman–Crippen MR) is 150 cm³/mol. The Kier molecular flexibility index (Phi) is 9.77. The number of aliphatic hydroxyl groups excluding tert-OH is 1. The van der Waals surface area contributed by atoms with Gasteiger partial charge in [0.25, 0.3) is 0 Å². The Labute approximate surface area is 239 Å². The number of carbonyl (C=O) groups excluding carboxylic acids is 4. The lowest BCUT2D eigenvalue weighted by atomic mass is 9.53. The molecule has 0 heterocycles. The topological polar surface area (TPSA) is 127 Å². The number of esters is 2. The smallest absolute Gasteiger partial charge is 0.302 e. The third kappa shape index (κ3) is 5.94. The van der Waals surface area contributed by atoms with E-state index in [-0.39, 0.29) is 66.9 Å². The van der Waals surface area contributed by atoms with Crippen LogP contribution in [-0.2, 0) is 28.7 Å². The van der Waals surface area contributed by atoms with Crippen molar-refractivity contribution in [2.75, 3.05) is 6.61 Å². The van der Waals surface area contributed by atoms with E-state index in [1.54, 1.807) is 6.92 Å². The highest BCUT2D eigenvalue weighted by molar-refractivity contribution is 6.16. The maximum absolute atomic E-state index is 14.1. The summed E-state index contributed by atoms with van der Waals surface area (Å²) in [6, 6.07) is 0. The van der Waals surface area contributed by atoms with Crippen LogP contribution in [0.4, 0.5) is 0 Å². The second-order valence-corrected chi connectivity index (χ2v) is 13.7. The summed E-state index contributed by atoms with van der Waals surface area (Å²) < 4.78 is 11.2. The first kappa shape index (κ1) is 32.5. The number of rotatable bonds is 10. The zero-order chi connectivity index (χ0) is 30.2. The second kappa shape index (κ2) is 12.0. The third-order valence-corrected chi connectivity index (χ3v) is 10.9. The molecule has 2 fully saturated rings. The molecule has 0 amide bonds. The number of fused-ring (bicyclic) bond motifs is 1. The van der Waals surface area contributed by atoms with Crippen LogP contribution in [0.2, 0.25) is 0 Å². The molecule has 3 rings (SSSR count). The number of Topliss-reactive ketones (excluding diaryl/α,β-unsaturated/α-hetero) is 1. The molecule has 2 N–H and O–H groups in total. The van der Waals surface area contributed by atoms with E-state index >= 15 is 0 Å². The Bertz CT molecular complexity index is 1030. The van der Waals surface area contributed by atoms with Gasteiger partial charge in [-0.15, -0.1) is 0 Å². The van der Waals surface area contributed by atoms with Crippen molar-refractivity contribution < 1.29 is 38.9 Å². The fourth-order valence-electron chi connectivity index (χ4n) is 7.93. The van der Waals surface area contributed by atoms with Crippen molar-refractivity contribution in [3.63, 3.8) is 0 Å². The normalized spacial score (nSPS) is 36.5. The van der Waals surface area contributed by atoms with E-state index in [1.165, 1.54) is 19.9 Å². The van der Waals surface area contributed by atoms with Crippen molar-refractivity contribution in [2.24, 2.45) is 40.4 Å². The summed E-state index contributed by atoms with van der Waals surface area (Å²) in [5, 5.41) is 21.6. The fraction of sp³-hybridized carbons (Fsp3) is 0.812. The standard InChI is InChI=1S/C32H50O8/c1-18(2)20(4)27(40-22(6)34)15-19(3)25-9-10-26(30(25,7)13-14-39-21(5)33)24-16-28(36)32(38)17-23(35)11-12-31(32,8)29(24)37/h16,18-20,23,25-27,35,38H,9-15,17H2,1-8H3. The molecule has 0 bridgehead atoms. The lowest BCUT2D eigenvalue weighted by Gasteiger charge is -2.51. The first-order valence-corrected chi connectivity index (χ1v) is 15.0. The molecule has 226 valence electrons. The molecule has 0 spiro atoms. The van der Waals surface area contributed by atoms with E-state index in [9.17, 15) is 29.4 Å². The number of hydrogen-bond acceptors (Lipinski definition) is 8. The van der Waals surface area contributed by atoms with Crippen LogP contribution in [0.3, 0.4) is 0 Å². The van der Waals surface area contributed by atoms with Crippen LogP contribution in [0.1, 0.15) is 100 Å². The highest BCUT2D eigenvalue weighted by atomic mass is 16.5. The first-order chi connectivity index (χ1) is 18.5. The van der Waals surface area contributed by atoms with Gasteiger partial charge in [-0.3, -0.25) is 19.2 Å². The van der Waals surface area contributed by atoms with Gasteiger partial charge in [-0.2, -0.15) is 0 Å². The number of ether oxygens (including phenoxy) is 2. The van der Waals surface area contributed by atoms with Gasteiger partial charge in [0.15, 0.2) is 11.6 Å². The van der Waals surface area contributed by atoms with E-state index in [0.29, 0.717) is 37.2 Å². The minimum absolute atomic E-state index is 0.121. The van der Waals surface area contributed by atoms with Crippen LogP contribution in [0.15, 0.2) is 11.6 Å². The number of allylic oxidation sites excluding steroid dienone is 1. The minimum Gasteiger partial charge on any atom is -0.466 e. The van der Waals surface area contributed by atoms with Gasteiger partial charge in [0.2, 0.25) is 0 Å². The van der Waals surface area contributed by atoms with Crippen LogP contribution in [-0.4, -0.2) is 58.1 Å². The average molecular weight is 563 g/mol. The molecular formula is C32H50O8. The van der Waals surface area contributed by atoms with Crippen molar-refractivity contribution >= 4 is 23.5 Å². The van der Waals surface area contributed by atoms with Crippen LogP contribution in [0.25, 0.3) is 0 Å². The quantitative estimate of drug-likeness (QED) is 0.371. The number of hydrogen-bond donors (Lipinski definition) is 2. The molecule has 8 nitrogen and oxygen atoms in total. The Balaban J connectivity index is 1.98. The molecular weight excluding hydrogens is 512 g/mol. The van der Waals surface area contributed by atoms with Crippen molar-refractivity contribution in [3.8, 4) is 0 Å². The van der Waals surface area contributed by atoms with Crippen LogP contribution in [0.5, 0.6) is 0 Å². The van der Waals surface area contributed by atoms with Gasteiger partial charge in [-0.25, -0.2) is 0 Å². The van der Waals surface area contributed by atoms with Gasteiger partial charge in [0.1, 0.15) is 11.7 Å². The van der Waals surface area contributed by atoms with Gasteiger partial charge in [-0.1, -0.05) is 34.6 Å². The third-order valence-electron chi connectivity index (χ3n) is 10.9. The lowest BCUT2D eigenvalue weighted by Crippen LogP contribution is -2.63. The molecule has 0 saturated heterocycles. The van der Waals surface area contributed by atoms with Crippen LogP contribution >= 0.6 is 0 Å². The highest BCUT2D eigenvalue weighted by Gasteiger charge is 2.63. The summed E-state index contributed by atoms with van der Waals surface area (Å²) in [6.07, 6.45) is 3.39. The molecule has 3 aliphatic carbocycles. The molecule has 8 heteroatoms. The largest absolute Gasteiger partial charge is 0.466 e. The number of carbonyl (C=O) groups is 4. The number of ketones is 2. The van der Waals surface area contributed by atoms with Crippen molar-refractivity contribution in [3.05, 3.63) is 11.6 Å². The Morgan fingerprint density at radius 3 is 2.27 bits per heavy atom. The number of aliphatic hydroxyl groups is 2. The average Bonchev–Trinajstić information content (AvgIpc) is 3.18. The molecule has 0 aliphatic heterocycles. The first-order valence-electron chi connectivity index (χ1n) is 15.0. The van der Waals surface area contributed by atoms with E-state index < -0.39 is 28.3 Å².